The molecule has 1 atom stereocenters. The van der Waals surface area contributed by atoms with Crippen molar-refractivity contribution in [3.8, 4) is 0 Å². The summed E-state index contributed by atoms with van der Waals surface area (Å²) in [5, 5.41) is 9.66. The number of carboxylic acid groups (broad SMARTS) is 1. The minimum absolute atomic E-state index is 0.0483. The van der Waals surface area contributed by atoms with Crippen LogP contribution in [0, 0.1) is 6.92 Å². The molecule has 0 fully saturated rings. The van der Waals surface area contributed by atoms with Gasteiger partial charge in [-0.15, -0.1) is 0 Å². The summed E-state index contributed by atoms with van der Waals surface area (Å²) < 4.78 is 0. The number of benzene rings is 2. The first-order valence-electron chi connectivity index (χ1n) is 6.91. The summed E-state index contributed by atoms with van der Waals surface area (Å²) in [4.78, 5) is 13.2. The van der Waals surface area contributed by atoms with Crippen molar-refractivity contribution in [1.29, 1.82) is 0 Å². The molecule has 0 bridgehead atoms. The molecule has 5 heteroatoms. The normalized spacial score (nSPS) is 11.7. The van der Waals surface area contributed by atoms with Crippen molar-refractivity contribution in [3.05, 3.63) is 65.7 Å². The van der Waals surface area contributed by atoms with Gasteiger partial charge in [-0.3, -0.25) is 0 Å². The standard InChI is InChI=1S/C17H18N2O2S/c1-12-7-9-14(10-8-12)19(17(18)22)15(16(20)21)11-13-5-3-2-4-6-13/h2-10,15H,11H2,1H3,(H2,18,22)(H,20,21)/t15-/m0/s1. The molecule has 0 aliphatic carbocycles. The van der Waals surface area contributed by atoms with E-state index in [1.54, 1.807) is 0 Å². The average Bonchev–Trinajstić information content (AvgIpc) is 2.49. The molecule has 0 aromatic heterocycles. The number of nitrogens with zero attached hydrogens (tertiary/aromatic N) is 1. The topological polar surface area (TPSA) is 66.6 Å². The lowest BCUT2D eigenvalue weighted by Gasteiger charge is -2.29. The van der Waals surface area contributed by atoms with E-state index in [4.69, 9.17) is 18.0 Å². The Bertz CT molecular complexity index is 656. The molecule has 0 saturated carbocycles. The molecule has 2 aromatic carbocycles. The lowest BCUT2D eigenvalue weighted by Crippen LogP contribution is -2.49. The zero-order valence-electron chi connectivity index (χ0n) is 12.3. The first kappa shape index (κ1) is 16.0. The Balaban J connectivity index is 2.35. The summed E-state index contributed by atoms with van der Waals surface area (Å²) in [7, 11) is 0. The van der Waals surface area contributed by atoms with Gasteiger partial charge in [0.25, 0.3) is 0 Å². The first-order chi connectivity index (χ1) is 10.5. The molecule has 0 aliphatic heterocycles. The van der Waals surface area contributed by atoms with E-state index < -0.39 is 12.0 Å². The largest absolute Gasteiger partial charge is 0.480 e. The van der Waals surface area contributed by atoms with Gasteiger partial charge in [-0.25, -0.2) is 4.79 Å². The molecule has 3 N–H and O–H groups in total. The molecule has 0 aliphatic rings. The van der Waals surface area contributed by atoms with Gasteiger partial charge in [0, 0.05) is 12.1 Å². The lowest BCUT2D eigenvalue weighted by molar-refractivity contribution is -0.138. The number of carboxylic acids is 1. The number of carbonyl (C=O) groups is 1. The average molecular weight is 314 g/mol. The van der Waals surface area contributed by atoms with Crippen molar-refractivity contribution >= 4 is 29.0 Å². The number of aryl methyl sites for hydroxylation is 1. The Morgan fingerprint density at radius 2 is 1.77 bits per heavy atom. The molecule has 22 heavy (non-hydrogen) atoms. The molecule has 0 radical (unpaired) electrons. The van der Waals surface area contributed by atoms with E-state index in [2.05, 4.69) is 0 Å². The van der Waals surface area contributed by atoms with Crippen LogP contribution in [0.5, 0.6) is 0 Å². The Labute approximate surface area is 135 Å². The zero-order chi connectivity index (χ0) is 16.1. The second-order valence-electron chi connectivity index (χ2n) is 5.09. The van der Waals surface area contributed by atoms with Gasteiger partial charge in [0.2, 0.25) is 0 Å². The highest BCUT2D eigenvalue weighted by Gasteiger charge is 2.28. The predicted molar refractivity (Wildman–Crippen MR) is 92.0 cm³/mol. The molecule has 2 aromatic rings. The number of anilines is 1. The number of hydrogen-bond donors (Lipinski definition) is 2. The molecular formula is C17H18N2O2S. The second-order valence-corrected chi connectivity index (χ2v) is 5.51. The van der Waals surface area contributed by atoms with Gasteiger partial charge in [0.1, 0.15) is 6.04 Å². The van der Waals surface area contributed by atoms with Gasteiger partial charge in [0.15, 0.2) is 5.11 Å². The molecule has 0 spiro atoms. The van der Waals surface area contributed by atoms with Crippen molar-refractivity contribution in [2.24, 2.45) is 5.73 Å². The second kappa shape index (κ2) is 7.04. The van der Waals surface area contributed by atoms with Gasteiger partial charge in [0.05, 0.1) is 0 Å². The summed E-state index contributed by atoms with van der Waals surface area (Å²) in [6.07, 6.45) is 0.321. The molecule has 0 amide bonds. The molecule has 0 saturated heterocycles. The maximum absolute atomic E-state index is 11.7. The number of hydrogen-bond acceptors (Lipinski definition) is 2. The van der Waals surface area contributed by atoms with Gasteiger partial charge >= 0.3 is 5.97 Å². The maximum atomic E-state index is 11.7. The Hall–Kier alpha value is -2.40. The van der Waals surface area contributed by atoms with Crippen LogP contribution >= 0.6 is 12.2 Å². The molecular weight excluding hydrogens is 296 g/mol. The van der Waals surface area contributed by atoms with Crippen LogP contribution in [0.4, 0.5) is 5.69 Å². The fourth-order valence-electron chi connectivity index (χ4n) is 2.29. The third-order valence-corrected chi connectivity index (χ3v) is 3.61. The van der Waals surface area contributed by atoms with Gasteiger partial charge < -0.3 is 15.7 Å². The van der Waals surface area contributed by atoms with Crippen molar-refractivity contribution in [3.63, 3.8) is 0 Å². The quantitative estimate of drug-likeness (QED) is 0.831. The van der Waals surface area contributed by atoms with Crippen LogP contribution in [0.15, 0.2) is 54.6 Å². The molecule has 114 valence electrons. The highest BCUT2D eigenvalue weighted by atomic mass is 32.1. The number of rotatable bonds is 5. The number of nitrogens with two attached hydrogens (primary N) is 1. The van der Waals surface area contributed by atoms with E-state index >= 15 is 0 Å². The Morgan fingerprint density at radius 1 is 1.18 bits per heavy atom. The lowest BCUT2D eigenvalue weighted by atomic mass is 10.0. The van der Waals surface area contributed by atoms with Crippen LogP contribution in [0.25, 0.3) is 0 Å². The van der Waals surface area contributed by atoms with E-state index in [9.17, 15) is 9.90 Å². The van der Waals surface area contributed by atoms with E-state index in [1.165, 1.54) is 4.90 Å². The van der Waals surface area contributed by atoms with Crippen molar-refractivity contribution in [2.45, 2.75) is 19.4 Å². The zero-order valence-corrected chi connectivity index (χ0v) is 13.1. The fraction of sp³-hybridized carbons (Fsp3) is 0.176. The highest BCUT2D eigenvalue weighted by Crippen LogP contribution is 2.20. The van der Waals surface area contributed by atoms with Crippen molar-refractivity contribution in [1.82, 2.24) is 0 Å². The van der Waals surface area contributed by atoms with E-state index in [0.29, 0.717) is 12.1 Å². The molecule has 0 heterocycles. The van der Waals surface area contributed by atoms with Crippen LogP contribution in [0.2, 0.25) is 0 Å². The van der Waals surface area contributed by atoms with E-state index in [-0.39, 0.29) is 5.11 Å². The first-order valence-corrected chi connectivity index (χ1v) is 7.32. The summed E-state index contributed by atoms with van der Waals surface area (Å²) in [5.74, 6) is -0.961. The Kier molecular flexibility index (Phi) is 5.12. The monoisotopic (exact) mass is 314 g/mol. The summed E-state index contributed by atoms with van der Waals surface area (Å²) in [6.45, 7) is 1.97. The summed E-state index contributed by atoms with van der Waals surface area (Å²) >= 11 is 5.08. The molecule has 0 unspecified atom stereocenters. The van der Waals surface area contributed by atoms with Crippen LogP contribution in [0.1, 0.15) is 11.1 Å². The minimum atomic E-state index is -0.961. The van der Waals surface area contributed by atoms with Crippen molar-refractivity contribution < 1.29 is 9.90 Å². The molecule has 4 nitrogen and oxygen atoms in total. The SMILES string of the molecule is Cc1ccc(N(C(N)=S)[C@@H](Cc2ccccc2)C(=O)O)cc1. The fourth-order valence-corrected chi connectivity index (χ4v) is 2.53. The third-order valence-electron chi connectivity index (χ3n) is 3.42. The van der Waals surface area contributed by atoms with Crippen molar-refractivity contribution in [2.75, 3.05) is 4.90 Å². The van der Waals surface area contributed by atoms with Crippen LogP contribution in [0.3, 0.4) is 0 Å². The smallest absolute Gasteiger partial charge is 0.327 e. The van der Waals surface area contributed by atoms with E-state index in [0.717, 1.165) is 11.1 Å². The maximum Gasteiger partial charge on any atom is 0.327 e. The van der Waals surface area contributed by atoms with Crippen LogP contribution < -0.4 is 10.6 Å². The predicted octanol–water partition coefficient (Wildman–Crippen LogP) is 2.74. The number of thiocarbonyl (C=S) groups is 1. The highest BCUT2D eigenvalue weighted by molar-refractivity contribution is 7.80. The van der Waals surface area contributed by atoms with Gasteiger partial charge in [-0.1, -0.05) is 48.0 Å². The minimum Gasteiger partial charge on any atom is -0.480 e. The van der Waals surface area contributed by atoms with E-state index in [1.807, 2.05) is 61.5 Å². The summed E-state index contributed by atoms with van der Waals surface area (Å²) in [5.41, 5.74) is 8.48. The Morgan fingerprint density at radius 3 is 2.27 bits per heavy atom. The number of aliphatic carboxylic acids is 1. The summed E-state index contributed by atoms with van der Waals surface area (Å²) in [6, 6.07) is 16.1. The van der Waals surface area contributed by atoms with Gasteiger partial charge in [-0.05, 0) is 36.8 Å². The van der Waals surface area contributed by atoms with Gasteiger partial charge in [-0.2, -0.15) is 0 Å². The van der Waals surface area contributed by atoms with Crippen LogP contribution in [-0.2, 0) is 11.2 Å². The molecule has 2 rings (SSSR count). The van der Waals surface area contributed by atoms with Crippen LogP contribution in [-0.4, -0.2) is 22.2 Å². The third kappa shape index (κ3) is 3.83.